The molecular weight excluding hydrogens is 424 g/mol. The zero-order chi connectivity index (χ0) is 20.3. The first-order valence-corrected chi connectivity index (χ1v) is 9.76. The van der Waals surface area contributed by atoms with Crippen molar-refractivity contribution >= 4 is 39.5 Å². The number of halogens is 1. The Morgan fingerprint density at radius 2 is 1.86 bits per heavy atom. The van der Waals surface area contributed by atoms with Crippen molar-refractivity contribution in [2.45, 2.75) is 39.3 Å². The van der Waals surface area contributed by atoms with Crippen LogP contribution >= 0.6 is 15.9 Å². The Morgan fingerprint density at radius 1 is 1.18 bits per heavy atom. The Labute approximate surface area is 172 Å². The second-order valence-corrected chi connectivity index (χ2v) is 7.62. The predicted octanol–water partition coefficient (Wildman–Crippen LogP) is 4.33. The van der Waals surface area contributed by atoms with Gasteiger partial charge < -0.3 is 10.1 Å². The van der Waals surface area contributed by atoms with E-state index in [-0.39, 0.29) is 19.4 Å². The molecule has 0 spiro atoms. The number of nitrogens with zero attached hydrogens (tertiary/aromatic N) is 1. The molecule has 0 unspecified atom stereocenters. The third-order valence-corrected chi connectivity index (χ3v) is 5.41. The van der Waals surface area contributed by atoms with E-state index < -0.39 is 23.9 Å². The fraction of sp³-hybridized carbons (Fsp3) is 0.286. The lowest BCUT2D eigenvalue weighted by atomic mass is 10.1. The highest BCUT2D eigenvalue weighted by Gasteiger charge is 2.41. The maximum Gasteiger partial charge on any atom is 0.417 e. The lowest BCUT2D eigenvalue weighted by molar-refractivity contribution is -0.131. The summed E-state index contributed by atoms with van der Waals surface area (Å²) >= 11 is 3.44. The molecule has 0 bridgehead atoms. The topological polar surface area (TPSA) is 75.7 Å². The van der Waals surface area contributed by atoms with E-state index in [0.717, 1.165) is 26.1 Å². The SMILES string of the molecule is Cc1cc(Br)c(NC(=O)[C@H]2CCC(=O)N2C(=O)OCc2ccccc2)cc1C. The fourth-order valence-electron chi connectivity index (χ4n) is 3.04. The van der Waals surface area contributed by atoms with Crippen molar-refractivity contribution < 1.29 is 19.1 Å². The van der Waals surface area contributed by atoms with Crippen molar-refractivity contribution in [1.82, 2.24) is 4.90 Å². The van der Waals surface area contributed by atoms with E-state index in [9.17, 15) is 14.4 Å². The van der Waals surface area contributed by atoms with Gasteiger partial charge in [0.05, 0.1) is 5.69 Å². The molecule has 1 heterocycles. The summed E-state index contributed by atoms with van der Waals surface area (Å²) in [5.41, 5.74) is 3.53. The summed E-state index contributed by atoms with van der Waals surface area (Å²) in [6.45, 7) is 3.97. The van der Waals surface area contributed by atoms with Gasteiger partial charge in [0.1, 0.15) is 12.6 Å². The first-order chi connectivity index (χ1) is 13.4. The number of imide groups is 1. The highest BCUT2D eigenvalue weighted by atomic mass is 79.9. The molecule has 1 saturated heterocycles. The third-order valence-electron chi connectivity index (χ3n) is 4.76. The number of amides is 3. The van der Waals surface area contributed by atoms with Crippen LogP contribution in [-0.2, 0) is 20.9 Å². The number of likely N-dealkylation sites (tertiary alicyclic amines) is 1. The van der Waals surface area contributed by atoms with Crippen molar-refractivity contribution in [2.24, 2.45) is 0 Å². The third kappa shape index (κ3) is 4.42. The largest absolute Gasteiger partial charge is 0.444 e. The molecule has 28 heavy (non-hydrogen) atoms. The van der Waals surface area contributed by atoms with Crippen LogP contribution in [0.3, 0.4) is 0 Å². The normalized spacial score (nSPS) is 16.2. The maximum absolute atomic E-state index is 12.8. The van der Waals surface area contributed by atoms with Gasteiger partial charge in [-0.25, -0.2) is 9.69 Å². The monoisotopic (exact) mass is 444 g/mol. The molecule has 3 rings (SSSR count). The number of hydrogen-bond donors (Lipinski definition) is 1. The number of benzene rings is 2. The molecular formula is C21H21BrN2O4. The first kappa shape index (κ1) is 20.1. The minimum absolute atomic E-state index is 0.0422. The molecule has 1 N–H and O–H groups in total. The lowest BCUT2D eigenvalue weighted by Crippen LogP contribution is -2.45. The molecule has 146 valence electrons. The minimum atomic E-state index is -0.885. The molecule has 0 aliphatic carbocycles. The molecule has 0 radical (unpaired) electrons. The van der Waals surface area contributed by atoms with Crippen molar-refractivity contribution in [3.63, 3.8) is 0 Å². The van der Waals surface area contributed by atoms with E-state index in [1.807, 2.05) is 56.3 Å². The van der Waals surface area contributed by atoms with Gasteiger partial charge in [0.25, 0.3) is 0 Å². The standard InChI is InChI=1S/C21H21BrN2O4/c1-13-10-16(22)17(11-14(13)2)23-20(26)18-8-9-19(25)24(18)21(27)28-12-15-6-4-3-5-7-15/h3-7,10-11,18H,8-9,12H2,1-2H3,(H,23,26)/t18-/m1/s1. The van der Waals surface area contributed by atoms with Crippen LogP contribution in [-0.4, -0.2) is 28.8 Å². The van der Waals surface area contributed by atoms with E-state index >= 15 is 0 Å². The number of hydrogen-bond acceptors (Lipinski definition) is 4. The number of anilines is 1. The molecule has 3 amide bonds. The Balaban J connectivity index is 1.70. The molecule has 0 saturated carbocycles. The number of ether oxygens (including phenoxy) is 1. The van der Waals surface area contributed by atoms with E-state index in [4.69, 9.17) is 4.74 Å². The minimum Gasteiger partial charge on any atom is -0.444 e. The zero-order valence-corrected chi connectivity index (χ0v) is 17.3. The average Bonchev–Trinajstić information content (AvgIpc) is 3.06. The van der Waals surface area contributed by atoms with E-state index in [1.54, 1.807) is 0 Å². The molecule has 1 aliphatic heterocycles. The van der Waals surface area contributed by atoms with Gasteiger partial charge in [-0.2, -0.15) is 0 Å². The Morgan fingerprint density at radius 3 is 2.57 bits per heavy atom. The van der Waals surface area contributed by atoms with Crippen molar-refractivity contribution in [3.05, 3.63) is 63.6 Å². The summed E-state index contributed by atoms with van der Waals surface area (Å²) < 4.78 is 5.99. The highest BCUT2D eigenvalue weighted by Crippen LogP contribution is 2.28. The van der Waals surface area contributed by atoms with Crippen LogP contribution < -0.4 is 5.32 Å². The van der Waals surface area contributed by atoms with Gasteiger partial charge in [0.15, 0.2) is 0 Å². The van der Waals surface area contributed by atoms with Gasteiger partial charge >= 0.3 is 6.09 Å². The lowest BCUT2D eigenvalue weighted by Gasteiger charge is -2.22. The number of carbonyl (C=O) groups excluding carboxylic acids is 3. The molecule has 1 fully saturated rings. The summed E-state index contributed by atoms with van der Waals surface area (Å²) in [6.07, 6.45) is -0.397. The Kier molecular flexibility index (Phi) is 6.14. The Hall–Kier alpha value is -2.67. The quantitative estimate of drug-likeness (QED) is 0.760. The number of carbonyl (C=O) groups is 3. The van der Waals surface area contributed by atoms with Gasteiger partial charge in [-0.1, -0.05) is 30.3 Å². The van der Waals surface area contributed by atoms with Crippen LogP contribution in [0, 0.1) is 13.8 Å². The second kappa shape index (κ2) is 8.56. The summed E-state index contributed by atoms with van der Waals surface area (Å²) in [4.78, 5) is 38.3. The van der Waals surface area contributed by atoms with Crippen LogP contribution in [0.2, 0.25) is 0 Å². The van der Waals surface area contributed by atoms with Gasteiger partial charge in [0, 0.05) is 10.9 Å². The van der Waals surface area contributed by atoms with E-state index in [0.29, 0.717) is 5.69 Å². The van der Waals surface area contributed by atoms with Crippen molar-refractivity contribution in [3.8, 4) is 0 Å². The number of rotatable bonds is 4. The van der Waals surface area contributed by atoms with E-state index in [1.165, 1.54) is 0 Å². The van der Waals surface area contributed by atoms with Crippen LogP contribution in [0.1, 0.15) is 29.5 Å². The van der Waals surface area contributed by atoms with Gasteiger partial charge in [-0.3, -0.25) is 9.59 Å². The van der Waals surface area contributed by atoms with Gasteiger partial charge in [-0.05, 0) is 65.0 Å². The summed E-state index contributed by atoms with van der Waals surface area (Å²) in [7, 11) is 0. The molecule has 2 aromatic rings. The molecule has 1 aliphatic rings. The van der Waals surface area contributed by atoms with Gasteiger partial charge in [-0.15, -0.1) is 0 Å². The molecule has 6 nitrogen and oxygen atoms in total. The van der Waals surface area contributed by atoms with Crippen LogP contribution in [0.15, 0.2) is 46.9 Å². The first-order valence-electron chi connectivity index (χ1n) is 8.97. The number of nitrogens with one attached hydrogen (secondary N) is 1. The average molecular weight is 445 g/mol. The molecule has 2 aromatic carbocycles. The maximum atomic E-state index is 12.8. The highest BCUT2D eigenvalue weighted by molar-refractivity contribution is 9.10. The van der Waals surface area contributed by atoms with Crippen molar-refractivity contribution in [2.75, 3.05) is 5.32 Å². The van der Waals surface area contributed by atoms with Crippen LogP contribution in [0.5, 0.6) is 0 Å². The second-order valence-electron chi connectivity index (χ2n) is 6.76. The van der Waals surface area contributed by atoms with Crippen molar-refractivity contribution in [1.29, 1.82) is 0 Å². The summed E-state index contributed by atoms with van der Waals surface area (Å²) in [5, 5.41) is 2.81. The summed E-state index contributed by atoms with van der Waals surface area (Å²) in [6, 6.07) is 12.1. The number of aryl methyl sites for hydroxylation is 2. The smallest absolute Gasteiger partial charge is 0.417 e. The zero-order valence-electron chi connectivity index (χ0n) is 15.7. The Bertz CT molecular complexity index is 914. The van der Waals surface area contributed by atoms with Gasteiger partial charge in [0.2, 0.25) is 11.8 Å². The molecule has 7 heteroatoms. The fourth-order valence-corrected chi connectivity index (χ4v) is 3.60. The van der Waals surface area contributed by atoms with Crippen LogP contribution in [0.25, 0.3) is 0 Å². The van der Waals surface area contributed by atoms with E-state index in [2.05, 4.69) is 21.2 Å². The summed E-state index contributed by atoms with van der Waals surface area (Å²) in [5.74, 6) is -0.816. The molecule has 1 atom stereocenters. The predicted molar refractivity (Wildman–Crippen MR) is 109 cm³/mol. The van der Waals surface area contributed by atoms with Crippen LogP contribution in [0.4, 0.5) is 10.5 Å². The molecule has 0 aromatic heterocycles.